The van der Waals surface area contributed by atoms with Crippen molar-refractivity contribution in [1.29, 1.82) is 0 Å². The van der Waals surface area contributed by atoms with Crippen molar-refractivity contribution in [3.05, 3.63) is 48.0 Å². The summed E-state index contributed by atoms with van der Waals surface area (Å²) >= 11 is 11.5. The van der Waals surface area contributed by atoms with Gasteiger partial charge < -0.3 is 4.42 Å². The minimum absolute atomic E-state index is 0.0148. The fraction of sp³-hybridized carbons (Fsp3) is 0.0625. The van der Waals surface area contributed by atoms with Gasteiger partial charge in [0.25, 0.3) is 0 Å². The number of benzene rings is 2. The monoisotopic (exact) mass is 331 g/mol. The molecule has 0 N–H and O–H groups in total. The van der Waals surface area contributed by atoms with E-state index in [-0.39, 0.29) is 11.3 Å². The Morgan fingerprint density at radius 2 is 1.86 bits per heavy atom. The summed E-state index contributed by atoms with van der Waals surface area (Å²) in [5.74, 6) is 0.402. The first kappa shape index (κ1) is 14.8. The summed E-state index contributed by atoms with van der Waals surface area (Å²) in [5, 5.41) is 2.02. The Labute approximate surface area is 136 Å². The fourth-order valence-electron chi connectivity index (χ4n) is 2.24. The van der Waals surface area contributed by atoms with Crippen molar-refractivity contribution in [2.24, 2.45) is 15.0 Å². The highest BCUT2D eigenvalue weighted by Crippen LogP contribution is 2.29. The van der Waals surface area contributed by atoms with Gasteiger partial charge in [-0.1, -0.05) is 18.2 Å². The van der Waals surface area contributed by atoms with Crippen LogP contribution < -0.4 is 0 Å². The van der Waals surface area contributed by atoms with Gasteiger partial charge >= 0.3 is 0 Å². The second-order valence-corrected chi connectivity index (χ2v) is 5.03. The maximum absolute atomic E-state index is 5.82. The molecule has 4 nitrogen and oxygen atoms in total. The number of nitrogens with zero attached hydrogens (tertiary/aromatic N) is 3. The molecule has 2 aromatic carbocycles. The van der Waals surface area contributed by atoms with Crippen LogP contribution in [0.15, 0.2) is 61.9 Å². The van der Waals surface area contributed by atoms with Crippen molar-refractivity contribution in [2.45, 2.75) is 0 Å². The Hall–Kier alpha value is -2.17. The summed E-state index contributed by atoms with van der Waals surface area (Å²) in [6.07, 6.45) is 0. The van der Waals surface area contributed by atoms with E-state index in [4.69, 9.17) is 27.6 Å². The van der Waals surface area contributed by atoms with Gasteiger partial charge in [-0.3, -0.25) is 0 Å². The zero-order valence-electron chi connectivity index (χ0n) is 11.5. The van der Waals surface area contributed by atoms with Crippen LogP contribution in [0.25, 0.3) is 21.9 Å². The van der Waals surface area contributed by atoms with E-state index < -0.39 is 0 Å². The molecular weight excluding hydrogens is 321 g/mol. The maximum Gasteiger partial charge on any atom is 0.223 e. The highest BCUT2D eigenvalue weighted by atomic mass is 35.5. The van der Waals surface area contributed by atoms with Gasteiger partial charge in [-0.15, -0.1) is 11.6 Å². The summed E-state index contributed by atoms with van der Waals surface area (Å²) in [7, 11) is 0. The molecule has 0 aliphatic heterocycles. The number of alkyl halides is 1. The molecule has 22 heavy (non-hydrogen) atoms. The number of para-hydroxylation sites is 1. The average Bonchev–Trinajstić information content (AvgIpc) is 2.92. The first-order valence-electron chi connectivity index (χ1n) is 6.46. The first-order valence-corrected chi connectivity index (χ1v) is 7.37. The van der Waals surface area contributed by atoms with Crippen LogP contribution in [0.2, 0.25) is 0 Å². The molecule has 0 unspecified atom stereocenters. The van der Waals surface area contributed by atoms with E-state index in [2.05, 4.69) is 21.7 Å². The van der Waals surface area contributed by atoms with Crippen molar-refractivity contribution in [3.63, 3.8) is 0 Å². The van der Waals surface area contributed by atoms with E-state index in [1.165, 1.54) is 0 Å². The number of aliphatic imine (C=N–C) groups is 3. The van der Waals surface area contributed by atoms with Gasteiger partial charge in [-0.25, -0.2) is 9.98 Å². The normalized spacial score (nSPS) is 13.0. The highest BCUT2D eigenvalue weighted by Gasteiger charge is 2.10. The van der Waals surface area contributed by atoms with Gasteiger partial charge in [-0.2, -0.15) is 4.99 Å². The molecule has 0 atom stereocenters. The largest absolute Gasteiger partial charge is 0.456 e. The lowest BCUT2D eigenvalue weighted by Crippen LogP contribution is -2.00. The molecule has 0 amide bonds. The SMILES string of the molecule is C=NC(Cl)=NC(=NCCl)c1ccc2oc3ccccc3c2c1. The predicted molar refractivity (Wildman–Crippen MR) is 93.8 cm³/mol. The van der Waals surface area contributed by atoms with Crippen molar-refractivity contribution in [3.8, 4) is 0 Å². The smallest absolute Gasteiger partial charge is 0.223 e. The zero-order chi connectivity index (χ0) is 15.5. The van der Waals surface area contributed by atoms with E-state index in [9.17, 15) is 0 Å². The van der Waals surface area contributed by atoms with Crippen LogP contribution in [0, 0.1) is 0 Å². The molecule has 0 saturated heterocycles. The standard InChI is InChI=1S/C16H11Cl2N3O/c1-19-16(18)21-15(20-9-17)10-6-7-14-12(8-10)11-4-2-3-5-13(11)22-14/h2-8H,1,9H2. The fourth-order valence-corrected chi connectivity index (χ4v) is 2.43. The molecule has 1 aromatic heterocycles. The van der Waals surface area contributed by atoms with Crippen LogP contribution >= 0.6 is 23.2 Å². The molecule has 110 valence electrons. The number of hydrogen-bond donors (Lipinski definition) is 0. The van der Waals surface area contributed by atoms with Crippen LogP contribution in [-0.4, -0.2) is 23.9 Å². The van der Waals surface area contributed by atoms with E-state index in [1.54, 1.807) is 0 Å². The topological polar surface area (TPSA) is 50.2 Å². The summed E-state index contributed by atoms with van der Waals surface area (Å²) in [6.45, 7) is 3.33. The van der Waals surface area contributed by atoms with Crippen molar-refractivity contribution in [2.75, 3.05) is 6.00 Å². The quantitative estimate of drug-likeness (QED) is 0.287. The van der Waals surface area contributed by atoms with Gasteiger partial charge in [0, 0.05) is 16.3 Å². The van der Waals surface area contributed by atoms with Crippen LogP contribution in [0.1, 0.15) is 5.56 Å². The molecular formula is C16H11Cl2N3O. The summed E-state index contributed by atoms with van der Waals surface area (Å²) in [6, 6.07) is 13.6. The Morgan fingerprint density at radius 3 is 2.64 bits per heavy atom. The van der Waals surface area contributed by atoms with E-state index in [1.807, 2.05) is 42.5 Å². The Bertz CT molecular complexity index is 912. The van der Waals surface area contributed by atoms with E-state index in [0.29, 0.717) is 5.84 Å². The number of hydrogen-bond acceptors (Lipinski definition) is 2. The van der Waals surface area contributed by atoms with Crippen molar-refractivity contribution >= 4 is 63.0 Å². The molecule has 0 aliphatic rings. The van der Waals surface area contributed by atoms with Gasteiger partial charge in [0.1, 0.15) is 17.2 Å². The average molecular weight is 332 g/mol. The molecule has 3 aromatic rings. The Morgan fingerprint density at radius 1 is 1.09 bits per heavy atom. The molecule has 0 spiro atoms. The van der Waals surface area contributed by atoms with Crippen molar-refractivity contribution < 1.29 is 4.42 Å². The first-order chi connectivity index (χ1) is 10.7. The zero-order valence-corrected chi connectivity index (χ0v) is 13.0. The summed E-state index contributed by atoms with van der Waals surface area (Å²) < 4.78 is 5.79. The molecule has 0 radical (unpaired) electrons. The lowest BCUT2D eigenvalue weighted by Gasteiger charge is -2.01. The second kappa shape index (κ2) is 6.30. The number of fused-ring (bicyclic) bond motifs is 3. The highest BCUT2D eigenvalue weighted by molar-refractivity contribution is 6.66. The summed E-state index contributed by atoms with van der Waals surface area (Å²) in [5.41, 5.74) is 2.41. The number of halogens is 2. The Kier molecular flexibility index (Phi) is 4.22. The minimum atomic E-state index is 0.0148. The predicted octanol–water partition coefficient (Wildman–Crippen LogP) is 4.82. The number of rotatable bonds is 2. The molecule has 0 saturated carbocycles. The van der Waals surface area contributed by atoms with Crippen LogP contribution in [-0.2, 0) is 0 Å². The molecule has 0 aliphatic carbocycles. The van der Waals surface area contributed by atoms with E-state index in [0.717, 1.165) is 27.5 Å². The van der Waals surface area contributed by atoms with E-state index >= 15 is 0 Å². The van der Waals surface area contributed by atoms with Crippen LogP contribution in [0.5, 0.6) is 0 Å². The number of furan rings is 1. The van der Waals surface area contributed by atoms with Crippen LogP contribution in [0.3, 0.4) is 0 Å². The molecule has 1 heterocycles. The summed E-state index contributed by atoms with van der Waals surface area (Å²) in [4.78, 5) is 11.8. The van der Waals surface area contributed by atoms with Crippen molar-refractivity contribution in [1.82, 2.24) is 0 Å². The molecule has 3 rings (SSSR count). The molecule has 0 fully saturated rings. The third-order valence-electron chi connectivity index (χ3n) is 3.17. The number of amidine groups is 2. The minimum Gasteiger partial charge on any atom is -0.456 e. The third kappa shape index (κ3) is 2.75. The third-order valence-corrected chi connectivity index (χ3v) is 3.50. The second-order valence-electron chi connectivity index (χ2n) is 4.45. The van der Waals surface area contributed by atoms with Crippen LogP contribution in [0.4, 0.5) is 0 Å². The van der Waals surface area contributed by atoms with Gasteiger partial charge in [0.2, 0.25) is 5.29 Å². The van der Waals surface area contributed by atoms with Gasteiger partial charge in [-0.05, 0) is 42.6 Å². The lowest BCUT2D eigenvalue weighted by atomic mass is 10.1. The van der Waals surface area contributed by atoms with Gasteiger partial charge in [0.15, 0.2) is 5.84 Å². The molecule has 0 bridgehead atoms. The molecule has 6 heteroatoms. The lowest BCUT2D eigenvalue weighted by molar-refractivity contribution is 0.669. The van der Waals surface area contributed by atoms with Gasteiger partial charge in [0.05, 0.1) is 0 Å². The Balaban J connectivity index is 2.19. The maximum atomic E-state index is 5.82.